The third-order valence-electron chi connectivity index (χ3n) is 7.79. The Bertz CT molecular complexity index is 1570. The van der Waals surface area contributed by atoms with E-state index in [2.05, 4.69) is 11.6 Å². The molecule has 0 spiro atoms. The number of amides is 2. The minimum atomic E-state index is -4.54. The molecule has 6 rings (SSSR count). The van der Waals surface area contributed by atoms with Crippen molar-refractivity contribution in [1.29, 1.82) is 0 Å². The number of carbonyl (C=O) groups is 2. The zero-order valence-corrected chi connectivity index (χ0v) is 22.7. The van der Waals surface area contributed by atoms with Crippen LogP contribution in [-0.2, 0) is 17.6 Å². The topological polar surface area (TPSA) is 118 Å². The average molecular weight is 585 g/mol. The molecule has 9 nitrogen and oxygen atoms in total. The number of aromatic nitrogens is 3. The molecule has 2 aliphatic heterocycles. The van der Waals surface area contributed by atoms with Crippen molar-refractivity contribution >= 4 is 29.3 Å². The summed E-state index contributed by atoms with van der Waals surface area (Å²) in [5, 5.41) is 15.4. The number of phenolic OH excluding ortho intramolecular Hbond substituents is 1. The number of phenols is 1. The quantitative estimate of drug-likeness (QED) is 0.338. The Morgan fingerprint density at radius 3 is 2.61 bits per heavy atom. The maximum atomic E-state index is 13.8. The highest BCUT2D eigenvalue weighted by Gasteiger charge is 2.41. The predicted octanol–water partition coefficient (Wildman–Crippen LogP) is 4.35. The molecule has 2 amide bonds. The Morgan fingerprint density at radius 1 is 1.17 bits per heavy atom. The number of hydrogen-bond acceptors (Lipinski definition) is 7. The lowest BCUT2D eigenvalue weighted by Gasteiger charge is -2.38. The minimum absolute atomic E-state index is 0.0203. The molecule has 1 aliphatic carbocycles. The molecular weight excluding hydrogens is 557 g/mol. The van der Waals surface area contributed by atoms with Crippen LogP contribution in [0.4, 0.5) is 18.9 Å². The first kappa shape index (κ1) is 27.2. The number of nitrogens with two attached hydrogens (primary N) is 1. The van der Waals surface area contributed by atoms with E-state index < -0.39 is 29.2 Å². The molecule has 0 bridgehead atoms. The van der Waals surface area contributed by atoms with E-state index in [1.807, 2.05) is 12.1 Å². The van der Waals surface area contributed by atoms with Gasteiger partial charge in [0.25, 0.3) is 5.91 Å². The summed E-state index contributed by atoms with van der Waals surface area (Å²) < 4.78 is 40.2. The Hall–Kier alpha value is -4.00. The molecule has 3 aromatic rings. The van der Waals surface area contributed by atoms with Crippen LogP contribution in [0.5, 0.6) is 5.75 Å². The van der Waals surface area contributed by atoms with E-state index >= 15 is 0 Å². The van der Waals surface area contributed by atoms with E-state index in [0.29, 0.717) is 36.7 Å². The van der Waals surface area contributed by atoms with Crippen LogP contribution < -0.4 is 5.73 Å². The van der Waals surface area contributed by atoms with Crippen LogP contribution in [0.15, 0.2) is 48.1 Å². The van der Waals surface area contributed by atoms with Gasteiger partial charge in [0, 0.05) is 61.7 Å². The number of halogens is 3. The maximum absolute atomic E-state index is 13.8. The monoisotopic (exact) mass is 584 g/mol. The molecule has 3 N–H and O–H groups in total. The molecule has 0 radical (unpaired) electrons. The van der Waals surface area contributed by atoms with Gasteiger partial charge in [-0.15, -0.1) is 0 Å². The Kier molecular flexibility index (Phi) is 6.71. The number of thioether (sulfide) groups is 1. The second-order valence-electron chi connectivity index (χ2n) is 10.4. The van der Waals surface area contributed by atoms with Gasteiger partial charge in [0.15, 0.2) is 0 Å². The summed E-state index contributed by atoms with van der Waals surface area (Å²) in [4.78, 5) is 33.5. The van der Waals surface area contributed by atoms with Gasteiger partial charge in [0.2, 0.25) is 5.91 Å². The van der Waals surface area contributed by atoms with Gasteiger partial charge in [-0.2, -0.15) is 18.3 Å². The highest BCUT2D eigenvalue weighted by molar-refractivity contribution is 8.00. The largest absolute Gasteiger partial charge is 0.506 e. The van der Waals surface area contributed by atoms with Gasteiger partial charge in [0.05, 0.1) is 23.0 Å². The molecule has 4 heterocycles. The summed E-state index contributed by atoms with van der Waals surface area (Å²) in [6.45, 7) is 4.35. The number of hydrogen-bond donors (Lipinski definition) is 2. The van der Waals surface area contributed by atoms with Crippen molar-refractivity contribution in [1.82, 2.24) is 24.6 Å². The van der Waals surface area contributed by atoms with Crippen molar-refractivity contribution in [2.45, 2.75) is 48.2 Å². The average Bonchev–Trinajstić information content (AvgIpc) is 3.73. The summed E-state index contributed by atoms with van der Waals surface area (Å²) in [5.74, 6) is -0.191. The van der Waals surface area contributed by atoms with E-state index in [1.54, 1.807) is 20.5 Å². The molecule has 13 heteroatoms. The second-order valence-corrected chi connectivity index (χ2v) is 11.5. The fourth-order valence-corrected chi connectivity index (χ4v) is 6.24. The van der Waals surface area contributed by atoms with Crippen molar-refractivity contribution < 1.29 is 27.9 Å². The Labute approximate surface area is 237 Å². The van der Waals surface area contributed by atoms with Crippen LogP contribution in [0.3, 0.4) is 0 Å². The molecule has 1 saturated carbocycles. The van der Waals surface area contributed by atoms with Crippen molar-refractivity contribution in [3.05, 3.63) is 71.2 Å². The normalized spacial score (nSPS) is 18.6. The fourth-order valence-electron chi connectivity index (χ4n) is 5.71. The number of pyridine rings is 1. The lowest BCUT2D eigenvalue weighted by atomic mass is 9.94. The summed E-state index contributed by atoms with van der Waals surface area (Å²) in [7, 11) is 0. The molecule has 1 fully saturated rings. The molecule has 0 saturated heterocycles. The van der Waals surface area contributed by atoms with E-state index in [0.717, 1.165) is 41.9 Å². The molecule has 0 unspecified atom stereocenters. The standard InChI is InChI=1S/C28H27F3N6O3S/c1-2-25(39)35-9-7-19-26-21(37(34-19)20-6-5-16(11-23(20)38)15-3-4-15)8-10-36(22(26)14-35)27(40)17-13-33-24(12-18(17)32)41-28(29,30)31/h2,5-6,11-13,15,22,38H,1,3-4,7-10,14H2,(H2,32,33)/t22-/m0/s1. The van der Waals surface area contributed by atoms with Gasteiger partial charge >= 0.3 is 5.51 Å². The first-order valence-corrected chi connectivity index (χ1v) is 14.0. The van der Waals surface area contributed by atoms with E-state index in [4.69, 9.17) is 10.8 Å². The van der Waals surface area contributed by atoms with Crippen molar-refractivity contribution in [3.63, 3.8) is 0 Å². The number of nitrogens with zero attached hydrogens (tertiary/aromatic N) is 5. The molecule has 214 valence electrons. The highest BCUT2D eigenvalue weighted by atomic mass is 32.2. The van der Waals surface area contributed by atoms with Crippen molar-refractivity contribution in [3.8, 4) is 11.4 Å². The van der Waals surface area contributed by atoms with E-state index in [1.165, 1.54) is 6.08 Å². The first-order valence-electron chi connectivity index (χ1n) is 13.2. The number of anilines is 1. The maximum Gasteiger partial charge on any atom is 0.447 e. The van der Waals surface area contributed by atoms with E-state index in [-0.39, 0.29) is 41.0 Å². The van der Waals surface area contributed by atoms with E-state index in [9.17, 15) is 27.9 Å². The lowest BCUT2D eigenvalue weighted by Crippen LogP contribution is -2.46. The third-order valence-corrected chi connectivity index (χ3v) is 8.46. The van der Waals surface area contributed by atoms with Crippen LogP contribution in [0.1, 0.15) is 57.7 Å². The Balaban J connectivity index is 1.38. The van der Waals surface area contributed by atoms with Crippen LogP contribution in [0, 0.1) is 0 Å². The molecule has 2 aromatic heterocycles. The van der Waals surface area contributed by atoms with Gasteiger partial charge in [-0.05, 0) is 48.6 Å². The molecule has 3 aliphatic rings. The van der Waals surface area contributed by atoms with Crippen LogP contribution in [0.25, 0.3) is 5.69 Å². The number of aromatic hydroxyl groups is 1. The van der Waals surface area contributed by atoms with Crippen LogP contribution in [-0.4, -0.2) is 66.6 Å². The first-order chi connectivity index (χ1) is 19.5. The number of nitrogen functional groups attached to an aromatic ring is 1. The smallest absolute Gasteiger partial charge is 0.447 e. The Morgan fingerprint density at radius 2 is 1.95 bits per heavy atom. The molecular formula is C28H27F3N6O3S. The van der Waals surface area contributed by atoms with Gasteiger partial charge in [-0.25, -0.2) is 9.67 Å². The van der Waals surface area contributed by atoms with Gasteiger partial charge < -0.3 is 20.6 Å². The molecule has 1 aromatic carbocycles. The number of alkyl halides is 3. The van der Waals surface area contributed by atoms with Gasteiger partial charge in [-0.1, -0.05) is 12.6 Å². The summed E-state index contributed by atoms with van der Waals surface area (Å²) in [5.41, 5.74) is 5.33. The fraction of sp³-hybridized carbons (Fsp3) is 0.357. The van der Waals surface area contributed by atoms with Crippen molar-refractivity contribution in [2.24, 2.45) is 0 Å². The van der Waals surface area contributed by atoms with Crippen molar-refractivity contribution in [2.75, 3.05) is 25.4 Å². The SMILES string of the molecule is C=CC(=O)N1CCc2nn(-c3ccc(C4CC4)cc3O)c3c2[C@H](C1)N(C(=O)c1cnc(SC(F)(F)F)cc1N)CC3. The zero-order chi connectivity index (χ0) is 29.1. The van der Waals surface area contributed by atoms with Gasteiger partial charge in [0.1, 0.15) is 16.5 Å². The second kappa shape index (κ2) is 10.1. The lowest BCUT2D eigenvalue weighted by molar-refractivity contribution is -0.126. The zero-order valence-electron chi connectivity index (χ0n) is 21.9. The number of benzene rings is 1. The summed E-state index contributed by atoms with van der Waals surface area (Å²) in [6, 6.07) is 6.09. The van der Waals surface area contributed by atoms with Gasteiger partial charge in [-0.3, -0.25) is 9.59 Å². The third kappa shape index (κ3) is 5.14. The van der Waals surface area contributed by atoms with Crippen LogP contribution >= 0.6 is 11.8 Å². The summed E-state index contributed by atoms with van der Waals surface area (Å²) >= 11 is -0.407. The predicted molar refractivity (Wildman–Crippen MR) is 146 cm³/mol. The molecule has 41 heavy (non-hydrogen) atoms. The van der Waals surface area contributed by atoms with Crippen LogP contribution in [0.2, 0.25) is 0 Å². The summed E-state index contributed by atoms with van der Waals surface area (Å²) in [6.07, 6.45) is 5.33. The number of rotatable bonds is 5. The highest BCUT2D eigenvalue weighted by Crippen LogP contribution is 2.43. The molecule has 1 atom stereocenters. The minimum Gasteiger partial charge on any atom is -0.506 e. The number of carbonyl (C=O) groups excluding carboxylic acids is 2.